The van der Waals surface area contributed by atoms with E-state index in [1.54, 1.807) is 0 Å². The monoisotopic (exact) mass is 387 g/mol. The molecule has 0 aliphatic carbocycles. The predicted octanol–water partition coefficient (Wildman–Crippen LogP) is 2.52. The van der Waals surface area contributed by atoms with Gasteiger partial charge in [-0.15, -0.1) is 0 Å². The smallest absolute Gasteiger partial charge is 0.365 e. The second kappa shape index (κ2) is 6.37. The zero-order valence-electron chi connectivity index (χ0n) is 12.1. The molecular formula is C12H13ClF3N3O4S. The zero-order valence-corrected chi connectivity index (χ0v) is 13.7. The third-order valence-corrected chi connectivity index (χ3v) is 5.38. The van der Waals surface area contributed by atoms with Crippen molar-refractivity contribution in [3.05, 3.63) is 32.8 Å². The van der Waals surface area contributed by atoms with Crippen molar-refractivity contribution in [2.24, 2.45) is 5.14 Å². The van der Waals surface area contributed by atoms with E-state index >= 15 is 0 Å². The lowest BCUT2D eigenvalue weighted by atomic mass is 10.1. The molecule has 12 heteroatoms. The maximum absolute atomic E-state index is 12.9. The highest BCUT2D eigenvalue weighted by atomic mass is 35.5. The van der Waals surface area contributed by atoms with Crippen molar-refractivity contribution < 1.29 is 26.5 Å². The summed E-state index contributed by atoms with van der Waals surface area (Å²) >= 11 is 5.62. The summed E-state index contributed by atoms with van der Waals surface area (Å²) in [4.78, 5) is 11.5. The SMILES string of the molecule is NS(=O)(=O)[C@H]1CCCN(c2cc(Cl)c(C(F)(F)F)cc2[N+](=O)[O-])C1. The van der Waals surface area contributed by atoms with E-state index in [0.717, 1.165) is 6.07 Å². The number of sulfonamides is 1. The van der Waals surface area contributed by atoms with Gasteiger partial charge in [0, 0.05) is 19.2 Å². The molecule has 2 rings (SSSR count). The molecule has 1 fully saturated rings. The van der Waals surface area contributed by atoms with Gasteiger partial charge in [-0.3, -0.25) is 10.1 Å². The van der Waals surface area contributed by atoms with Gasteiger partial charge in [-0.2, -0.15) is 13.2 Å². The molecule has 1 atom stereocenters. The molecule has 1 aliphatic heterocycles. The van der Waals surface area contributed by atoms with Crippen LogP contribution in [-0.2, 0) is 16.2 Å². The maximum atomic E-state index is 12.9. The Hall–Kier alpha value is -1.59. The summed E-state index contributed by atoms with van der Waals surface area (Å²) in [5.74, 6) is 0. The quantitative estimate of drug-likeness (QED) is 0.633. The van der Waals surface area contributed by atoms with Crippen LogP contribution in [-0.4, -0.2) is 31.7 Å². The van der Waals surface area contributed by atoms with Crippen molar-refractivity contribution in [3.8, 4) is 0 Å². The van der Waals surface area contributed by atoms with E-state index in [4.69, 9.17) is 16.7 Å². The van der Waals surface area contributed by atoms with E-state index in [1.807, 2.05) is 0 Å². The minimum absolute atomic E-state index is 0.151. The van der Waals surface area contributed by atoms with Gasteiger partial charge in [0.15, 0.2) is 0 Å². The lowest BCUT2D eigenvalue weighted by Gasteiger charge is -2.33. The fraction of sp³-hybridized carbons (Fsp3) is 0.500. The van der Waals surface area contributed by atoms with Crippen LogP contribution in [0.2, 0.25) is 5.02 Å². The lowest BCUT2D eigenvalue weighted by Crippen LogP contribution is -2.44. The Bertz CT molecular complexity index is 770. The summed E-state index contributed by atoms with van der Waals surface area (Å²) in [6, 6.07) is 1.20. The minimum atomic E-state index is -4.84. The molecule has 0 radical (unpaired) electrons. The Kier molecular flexibility index (Phi) is 4.98. The van der Waals surface area contributed by atoms with Gasteiger partial charge in [0.05, 0.1) is 20.8 Å². The molecule has 0 saturated carbocycles. The number of nitro groups is 1. The van der Waals surface area contributed by atoms with Crippen LogP contribution in [0.5, 0.6) is 0 Å². The number of nitro benzene ring substituents is 1. The molecule has 1 aromatic carbocycles. The second-order valence-corrected chi connectivity index (χ2v) is 7.63. The van der Waals surface area contributed by atoms with Crippen molar-refractivity contribution in [3.63, 3.8) is 0 Å². The Labute approximate surface area is 140 Å². The largest absolute Gasteiger partial charge is 0.418 e. The summed E-state index contributed by atoms with van der Waals surface area (Å²) < 4.78 is 61.6. The highest BCUT2D eigenvalue weighted by molar-refractivity contribution is 7.89. The van der Waals surface area contributed by atoms with E-state index in [0.29, 0.717) is 12.5 Å². The molecule has 134 valence electrons. The number of rotatable bonds is 3. The van der Waals surface area contributed by atoms with E-state index in [2.05, 4.69) is 0 Å². The van der Waals surface area contributed by atoms with Gasteiger partial charge in [-0.1, -0.05) is 11.6 Å². The Morgan fingerprint density at radius 1 is 1.38 bits per heavy atom. The molecule has 1 heterocycles. The van der Waals surface area contributed by atoms with Gasteiger partial charge in [-0.05, 0) is 18.9 Å². The van der Waals surface area contributed by atoms with Crippen LogP contribution in [0.4, 0.5) is 24.5 Å². The number of nitrogens with two attached hydrogens (primary N) is 1. The van der Waals surface area contributed by atoms with E-state index in [1.165, 1.54) is 4.90 Å². The molecule has 0 unspecified atom stereocenters. The Balaban J connectivity index is 2.50. The maximum Gasteiger partial charge on any atom is 0.418 e. The number of alkyl halides is 3. The predicted molar refractivity (Wildman–Crippen MR) is 81.5 cm³/mol. The molecule has 0 aromatic heterocycles. The highest BCUT2D eigenvalue weighted by Crippen LogP contribution is 2.42. The van der Waals surface area contributed by atoms with E-state index in [-0.39, 0.29) is 25.2 Å². The summed E-state index contributed by atoms with van der Waals surface area (Å²) in [6.45, 7) is 0.0932. The molecule has 1 aromatic rings. The van der Waals surface area contributed by atoms with Gasteiger partial charge >= 0.3 is 6.18 Å². The normalized spacial score (nSPS) is 19.4. The molecule has 2 N–H and O–H groups in total. The lowest BCUT2D eigenvalue weighted by molar-refractivity contribution is -0.384. The average Bonchev–Trinajstić information content (AvgIpc) is 2.44. The number of primary sulfonamides is 1. The fourth-order valence-electron chi connectivity index (χ4n) is 2.59. The van der Waals surface area contributed by atoms with Crippen LogP contribution in [0.3, 0.4) is 0 Å². The van der Waals surface area contributed by atoms with Gasteiger partial charge in [0.25, 0.3) is 5.69 Å². The molecule has 24 heavy (non-hydrogen) atoms. The van der Waals surface area contributed by atoms with Crippen molar-refractivity contribution >= 4 is 33.0 Å². The first kappa shape index (κ1) is 18.7. The first-order valence-corrected chi connectivity index (χ1v) is 8.71. The third-order valence-electron chi connectivity index (χ3n) is 3.75. The van der Waals surface area contributed by atoms with Crippen molar-refractivity contribution in [2.75, 3.05) is 18.0 Å². The van der Waals surface area contributed by atoms with Crippen LogP contribution in [0.25, 0.3) is 0 Å². The van der Waals surface area contributed by atoms with Gasteiger partial charge < -0.3 is 4.90 Å². The van der Waals surface area contributed by atoms with E-state index in [9.17, 15) is 31.7 Å². The fourth-order valence-corrected chi connectivity index (χ4v) is 3.74. The van der Waals surface area contributed by atoms with Crippen molar-refractivity contribution in [1.82, 2.24) is 0 Å². The second-order valence-electron chi connectivity index (χ2n) is 5.37. The molecule has 0 amide bonds. The van der Waals surface area contributed by atoms with Gasteiger partial charge in [0.2, 0.25) is 10.0 Å². The van der Waals surface area contributed by atoms with Crippen LogP contribution < -0.4 is 10.0 Å². The number of piperidine rings is 1. The van der Waals surface area contributed by atoms with Crippen LogP contribution >= 0.6 is 11.6 Å². The molecular weight excluding hydrogens is 375 g/mol. The summed E-state index contributed by atoms with van der Waals surface area (Å²) in [5.41, 5.74) is -2.27. The number of benzene rings is 1. The highest BCUT2D eigenvalue weighted by Gasteiger charge is 2.38. The number of anilines is 1. The zero-order chi connectivity index (χ0) is 18.3. The number of halogens is 4. The standard InChI is InChI=1S/C12H13ClF3N3O4S/c13-9-5-10(11(19(20)21)4-8(9)12(14,15)16)18-3-1-2-7(6-18)24(17,22)23/h4-5,7H,1-3,6H2,(H2,17,22,23)/t7-/m0/s1. The number of nitrogens with zero attached hydrogens (tertiary/aromatic N) is 2. The molecule has 7 nitrogen and oxygen atoms in total. The summed E-state index contributed by atoms with van der Waals surface area (Å²) in [7, 11) is -3.87. The number of hydrogen-bond acceptors (Lipinski definition) is 5. The van der Waals surface area contributed by atoms with Crippen LogP contribution in [0.1, 0.15) is 18.4 Å². The first-order chi connectivity index (χ1) is 10.9. The van der Waals surface area contributed by atoms with E-state index < -0.39 is 42.6 Å². The molecule has 0 spiro atoms. The summed E-state index contributed by atoms with van der Waals surface area (Å²) in [5, 5.41) is 14.6. The Morgan fingerprint density at radius 2 is 2.00 bits per heavy atom. The molecule has 1 saturated heterocycles. The Morgan fingerprint density at radius 3 is 2.50 bits per heavy atom. The van der Waals surface area contributed by atoms with Crippen molar-refractivity contribution in [2.45, 2.75) is 24.3 Å². The van der Waals surface area contributed by atoms with Crippen LogP contribution in [0, 0.1) is 10.1 Å². The van der Waals surface area contributed by atoms with Gasteiger partial charge in [0.1, 0.15) is 5.69 Å². The molecule has 1 aliphatic rings. The van der Waals surface area contributed by atoms with Crippen LogP contribution in [0.15, 0.2) is 12.1 Å². The summed E-state index contributed by atoms with van der Waals surface area (Å²) in [6.07, 6.45) is -4.19. The van der Waals surface area contributed by atoms with Gasteiger partial charge in [-0.25, -0.2) is 13.6 Å². The average molecular weight is 388 g/mol. The first-order valence-electron chi connectivity index (χ1n) is 6.73. The topological polar surface area (TPSA) is 107 Å². The van der Waals surface area contributed by atoms with Crippen molar-refractivity contribution in [1.29, 1.82) is 0 Å². The number of hydrogen-bond donors (Lipinski definition) is 1. The minimum Gasteiger partial charge on any atom is -0.365 e. The third kappa shape index (κ3) is 3.90. The molecule has 0 bridgehead atoms.